The van der Waals surface area contributed by atoms with Crippen LogP contribution >= 0.6 is 0 Å². The summed E-state index contributed by atoms with van der Waals surface area (Å²) in [4.78, 5) is 11.7. The average molecular weight is 257 g/mol. The van der Waals surface area contributed by atoms with Gasteiger partial charge in [0.1, 0.15) is 5.60 Å². The molecule has 106 valence electrons. The highest BCUT2D eigenvalue weighted by Gasteiger charge is 2.30. The summed E-state index contributed by atoms with van der Waals surface area (Å²) in [5.41, 5.74) is -0.538. The summed E-state index contributed by atoms with van der Waals surface area (Å²) >= 11 is 0. The molecule has 1 aliphatic heterocycles. The molecule has 0 spiro atoms. The van der Waals surface area contributed by atoms with Gasteiger partial charge in [-0.3, -0.25) is 4.79 Å². The lowest BCUT2D eigenvalue weighted by Crippen LogP contribution is -2.30. The van der Waals surface area contributed by atoms with Gasteiger partial charge in [-0.15, -0.1) is 0 Å². The summed E-state index contributed by atoms with van der Waals surface area (Å²) in [5, 5.41) is 3.32. The molecule has 4 heteroatoms. The van der Waals surface area contributed by atoms with E-state index < -0.39 is 5.60 Å². The molecule has 1 N–H and O–H groups in total. The number of carbonyl (C=O) groups excluding carboxylic acids is 1. The Hall–Kier alpha value is -0.610. The fourth-order valence-corrected chi connectivity index (χ4v) is 2.11. The maximum atomic E-state index is 11.7. The maximum Gasteiger partial charge on any atom is 0.307 e. The van der Waals surface area contributed by atoms with Crippen molar-refractivity contribution in [1.29, 1.82) is 0 Å². The van der Waals surface area contributed by atoms with E-state index in [0.29, 0.717) is 6.42 Å². The van der Waals surface area contributed by atoms with Crippen LogP contribution in [-0.2, 0) is 14.3 Å². The van der Waals surface area contributed by atoms with Gasteiger partial charge in [0, 0.05) is 12.6 Å². The summed E-state index contributed by atoms with van der Waals surface area (Å²) in [5.74, 6) is -0.142. The number of hydrogen-bond acceptors (Lipinski definition) is 4. The second-order valence-electron chi connectivity index (χ2n) is 6.98. The van der Waals surface area contributed by atoms with E-state index in [1.54, 1.807) is 0 Å². The first-order valence-electron chi connectivity index (χ1n) is 6.68. The van der Waals surface area contributed by atoms with Crippen molar-refractivity contribution in [3.05, 3.63) is 0 Å². The lowest BCUT2D eigenvalue weighted by atomic mass is 10.1. The van der Waals surface area contributed by atoms with Crippen LogP contribution in [0.1, 0.15) is 54.4 Å². The van der Waals surface area contributed by atoms with Gasteiger partial charge in [0.25, 0.3) is 0 Å². The quantitative estimate of drug-likeness (QED) is 0.788. The second kappa shape index (κ2) is 5.57. The molecule has 0 amide bonds. The molecule has 0 radical (unpaired) electrons. The normalized spacial score (nSPS) is 25.2. The van der Waals surface area contributed by atoms with E-state index in [2.05, 4.69) is 5.32 Å². The lowest BCUT2D eigenvalue weighted by Gasteiger charge is -2.24. The van der Waals surface area contributed by atoms with Crippen molar-refractivity contribution >= 4 is 5.97 Å². The van der Waals surface area contributed by atoms with Crippen molar-refractivity contribution in [2.45, 2.75) is 77.7 Å². The lowest BCUT2D eigenvalue weighted by molar-refractivity contribution is -0.155. The van der Waals surface area contributed by atoms with Gasteiger partial charge >= 0.3 is 5.97 Å². The van der Waals surface area contributed by atoms with Crippen molar-refractivity contribution in [3.63, 3.8) is 0 Å². The Kier molecular flexibility index (Phi) is 4.78. The summed E-state index contributed by atoms with van der Waals surface area (Å²) in [6.45, 7) is 12.6. The van der Waals surface area contributed by atoms with Gasteiger partial charge < -0.3 is 14.8 Å². The average Bonchev–Trinajstić information content (AvgIpc) is 2.44. The van der Waals surface area contributed by atoms with Crippen LogP contribution in [0.5, 0.6) is 0 Å². The zero-order chi connectivity index (χ0) is 14.0. The van der Waals surface area contributed by atoms with Crippen LogP contribution in [0.25, 0.3) is 0 Å². The van der Waals surface area contributed by atoms with Crippen molar-refractivity contribution in [1.82, 2.24) is 5.32 Å². The first-order valence-corrected chi connectivity index (χ1v) is 6.68. The fourth-order valence-electron chi connectivity index (χ4n) is 2.11. The molecule has 0 aromatic rings. The molecule has 1 fully saturated rings. The third-order valence-electron chi connectivity index (χ3n) is 2.53. The topological polar surface area (TPSA) is 47.6 Å². The number of hydrogen-bond donors (Lipinski definition) is 1. The molecule has 4 nitrogen and oxygen atoms in total. The third kappa shape index (κ3) is 6.36. The van der Waals surface area contributed by atoms with E-state index in [1.165, 1.54) is 0 Å². The smallest absolute Gasteiger partial charge is 0.307 e. The van der Waals surface area contributed by atoms with Crippen molar-refractivity contribution in [2.24, 2.45) is 0 Å². The Morgan fingerprint density at radius 2 is 1.78 bits per heavy atom. The molecule has 1 heterocycles. The molecule has 0 unspecified atom stereocenters. The van der Waals surface area contributed by atoms with Crippen LogP contribution < -0.4 is 5.32 Å². The van der Waals surface area contributed by atoms with Gasteiger partial charge in [-0.05, 0) is 48.0 Å². The van der Waals surface area contributed by atoms with Crippen LogP contribution in [0.15, 0.2) is 0 Å². The predicted octanol–water partition coefficient (Wildman–Crippen LogP) is 2.26. The molecule has 1 aliphatic rings. The Morgan fingerprint density at radius 3 is 2.28 bits per heavy atom. The SMILES string of the molecule is CC(C)(C)OC(=O)C[C@@H]1C[C@@H](OC(C)(C)C)CN1. The van der Waals surface area contributed by atoms with Crippen molar-refractivity contribution in [2.75, 3.05) is 6.54 Å². The maximum absolute atomic E-state index is 11.7. The number of carbonyl (C=O) groups is 1. The molecular formula is C14H27NO3. The molecule has 18 heavy (non-hydrogen) atoms. The molecule has 1 rings (SSSR count). The van der Waals surface area contributed by atoms with Gasteiger partial charge in [-0.25, -0.2) is 0 Å². The molecule has 1 saturated heterocycles. The zero-order valence-electron chi connectivity index (χ0n) is 12.5. The third-order valence-corrected chi connectivity index (χ3v) is 2.53. The highest BCUT2D eigenvalue weighted by Crippen LogP contribution is 2.20. The Morgan fingerprint density at radius 1 is 1.17 bits per heavy atom. The van der Waals surface area contributed by atoms with Crippen LogP contribution in [0.3, 0.4) is 0 Å². The molecule has 0 aromatic heterocycles. The van der Waals surface area contributed by atoms with Gasteiger partial charge in [0.05, 0.1) is 18.1 Å². The van der Waals surface area contributed by atoms with Gasteiger partial charge in [0.2, 0.25) is 0 Å². The summed E-state index contributed by atoms with van der Waals surface area (Å²) < 4.78 is 11.2. The fraction of sp³-hybridized carbons (Fsp3) is 0.929. The first-order chi connectivity index (χ1) is 8.05. The van der Waals surface area contributed by atoms with Crippen LogP contribution in [0.4, 0.5) is 0 Å². The summed E-state index contributed by atoms with van der Waals surface area (Å²) in [7, 11) is 0. The van der Waals surface area contributed by atoms with E-state index in [4.69, 9.17) is 9.47 Å². The van der Waals surface area contributed by atoms with Crippen molar-refractivity contribution < 1.29 is 14.3 Å². The van der Waals surface area contributed by atoms with Crippen LogP contribution in [0.2, 0.25) is 0 Å². The van der Waals surface area contributed by atoms with Gasteiger partial charge in [0.15, 0.2) is 0 Å². The highest BCUT2D eigenvalue weighted by atomic mass is 16.6. The summed E-state index contributed by atoms with van der Waals surface area (Å²) in [6, 6.07) is 0.173. The Bertz CT molecular complexity index is 288. The van der Waals surface area contributed by atoms with Crippen LogP contribution in [0, 0.1) is 0 Å². The van der Waals surface area contributed by atoms with E-state index in [1.807, 2.05) is 41.5 Å². The predicted molar refractivity (Wildman–Crippen MR) is 71.5 cm³/mol. The largest absolute Gasteiger partial charge is 0.460 e. The molecule has 0 saturated carbocycles. The standard InChI is InChI=1S/C14H27NO3/c1-13(2,3)17-11-7-10(15-9-11)8-12(16)18-14(4,5)6/h10-11,15H,7-9H2,1-6H3/t10-,11+/m0/s1. The first kappa shape index (κ1) is 15.4. The van der Waals surface area contributed by atoms with Crippen molar-refractivity contribution in [3.8, 4) is 0 Å². The molecule has 2 atom stereocenters. The van der Waals surface area contributed by atoms with E-state index >= 15 is 0 Å². The molecule has 0 bridgehead atoms. The number of nitrogens with one attached hydrogen (secondary N) is 1. The van der Waals surface area contributed by atoms with Crippen LogP contribution in [-0.4, -0.2) is 35.9 Å². The van der Waals surface area contributed by atoms with E-state index in [-0.39, 0.29) is 23.7 Å². The minimum atomic E-state index is -0.406. The number of esters is 1. The molecule has 0 aromatic carbocycles. The number of rotatable bonds is 3. The molecule has 0 aliphatic carbocycles. The van der Waals surface area contributed by atoms with E-state index in [0.717, 1.165) is 13.0 Å². The minimum absolute atomic E-state index is 0.132. The second-order valence-corrected chi connectivity index (χ2v) is 6.98. The monoisotopic (exact) mass is 257 g/mol. The zero-order valence-corrected chi connectivity index (χ0v) is 12.5. The number of ether oxygens (including phenoxy) is 2. The van der Waals surface area contributed by atoms with E-state index in [9.17, 15) is 4.79 Å². The Balaban J connectivity index is 2.32. The van der Waals surface area contributed by atoms with Gasteiger partial charge in [-0.2, -0.15) is 0 Å². The molecular weight excluding hydrogens is 230 g/mol. The summed E-state index contributed by atoms with van der Waals surface area (Å²) in [6.07, 6.45) is 1.48. The Labute approximate surface area is 110 Å². The highest BCUT2D eigenvalue weighted by molar-refractivity contribution is 5.70. The van der Waals surface area contributed by atoms with Gasteiger partial charge in [-0.1, -0.05) is 0 Å². The minimum Gasteiger partial charge on any atom is -0.460 e.